The van der Waals surface area contributed by atoms with Crippen LogP contribution < -0.4 is 14.8 Å². The van der Waals surface area contributed by atoms with Gasteiger partial charge < -0.3 is 14.8 Å². The number of ether oxygens (including phenoxy) is 2. The molecule has 0 atom stereocenters. The van der Waals surface area contributed by atoms with Crippen LogP contribution in [0.5, 0.6) is 11.5 Å². The fourth-order valence-corrected chi connectivity index (χ4v) is 3.10. The SMILES string of the molecule is O=C(CCc1cccc2ccccc12)NCc1ccc2c(c1)OCO2. The number of rotatable bonds is 5. The van der Waals surface area contributed by atoms with E-state index in [-0.39, 0.29) is 12.7 Å². The first-order valence-electron chi connectivity index (χ1n) is 8.41. The van der Waals surface area contributed by atoms with E-state index >= 15 is 0 Å². The molecular formula is C21H19NO3. The number of aryl methyl sites for hydroxylation is 1. The van der Waals surface area contributed by atoms with E-state index in [0.29, 0.717) is 13.0 Å². The van der Waals surface area contributed by atoms with Crippen LogP contribution in [0.25, 0.3) is 10.8 Å². The first-order valence-corrected chi connectivity index (χ1v) is 8.41. The second kappa shape index (κ2) is 6.85. The number of benzene rings is 3. The van der Waals surface area contributed by atoms with Gasteiger partial charge in [-0.3, -0.25) is 4.79 Å². The van der Waals surface area contributed by atoms with Crippen molar-refractivity contribution in [1.29, 1.82) is 0 Å². The average Bonchev–Trinajstić information content (AvgIpc) is 3.12. The Kier molecular flexibility index (Phi) is 4.25. The van der Waals surface area contributed by atoms with E-state index in [1.54, 1.807) is 0 Å². The Balaban J connectivity index is 1.35. The number of carbonyl (C=O) groups is 1. The molecule has 0 saturated heterocycles. The molecule has 4 rings (SSSR count). The lowest BCUT2D eigenvalue weighted by molar-refractivity contribution is -0.121. The number of fused-ring (bicyclic) bond motifs is 2. The van der Waals surface area contributed by atoms with Gasteiger partial charge in [-0.1, -0.05) is 48.5 Å². The van der Waals surface area contributed by atoms with E-state index in [2.05, 4.69) is 29.6 Å². The summed E-state index contributed by atoms with van der Waals surface area (Å²) >= 11 is 0. The summed E-state index contributed by atoms with van der Waals surface area (Å²) in [6, 6.07) is 20.2. The van der Waals surface area contributed by atoms with Crippen LogP contribution in [-0.2, 0) is 17.8 Å². The zero-order valence-electron chi connectivity index (χ0n) is 13.8. The first-order chi connectivity index (χ1) is 12.3. The molecule has 0 aromatic heterocycles. The highest BCUT2D eigenvalue weighted by atomic mass is 16.7. The number of nitrogens with one attached hydrogen (secondary N) is 1. The highest BCUT2D eigenvalue weighted by molar-refractivity contribution is 5.86. The maximum atomic E-state index is 12.2. The molecule has 1 amide bonds. The minimum atomic E-state index is 0.0469. The maximum Gasteiger partial charge on any atom is 0.231 e. The van der Waals surface area contributed by atoms with Crippen molar-refractivity contribution in [1.82, 2.24) is 5.32 Å². The molecule has 0 unspecified atom stereocenters. The molecule has 1 heterocycles. The van der Waals surface area contributed by atoms with Gasteiger partial charge in [0.25, 0.3) is 0 Å². The Hall–Kier alpha value is -3.01. The van der Waals surface area contributed by atoms with Crippen LogP contribution in [0, 0.1) is 0 Å². The Bertz CT molecular complexity index is 915. The van der Waals surface area contributed by atoms with Crippen LogP contribution >= 0.6 is 0 Å². The largest absolute Gasteiger partial charge is 0.454 e. The van der Waals surface area contributed by atoms with Crippen LogP contribution in [0.2, 0.25) is 0 Å². The normalized spacial score (nSPS) is 12.3. The second-order valence-corrected chi connectivity index (χ2v) is 6.10. The second-order valence-electron chi connectivity index (χ2n) is 6.10. The highest BCUT2D eigenvalue weighted by Crippen LogP contribution is 2.32. The lowest BCUT2D eigenvalue weighted by atomic mass is 10.0. The molecular weight excluding hydrogens is 314 g/mol. The van der Waals surface area contributed by atoms with Gasteiger partial charge in [0.05, 0.1) is 0 Å². The summed E-state index contributed by atoms with van der Waals surface area (Å²) in [5.74, 6) is 1.54. The summed E-state index contributed by atoms with van der Waals surface area (Å²) in [7, 11) is 0. The van der Waals surface area contributed by atoms with Gasteiger partial charge in [0.2, 0.25) is 12.7 Å². The smallest absolute Gasteiger partial charge is 0.231 e. The molecule has 3 aromatic carbocycles. The lowest BCUT2D eigenvalue weighted by Crippen LogP contribution is -2.23. The molecule has 4 nitrogen and oxygen atoms in total. The molecule has 25 heavy (non-hydrogen) atoms. The van der Waals surface area contributed by atoms with Crippen molar-refractivity contribution >= 4 is 16.7 Å². The van der Waals surface area contributed by atoms with Crippen molar-refractivity contribution in [3.8, 4) is 11.5 Å². The van der Waals surface area contributed by atoms with Crippen LogP contribution in [0.1, 0.15) is 17.5 Å². The number of hydrogen-bond acceptors (Lipinski definition) is 3. The number of hydrogen-bond donors (Lipinski definition) is 1. The number of amides is 1. The van der Waals surface area contributed by atoms with Crippen molar-refractivity contribution in [3.05, 3.63) is 71.8 Å². The Morgan fingerprint density at radius 1 is 0.960 bits per heavy atom. The summed E-state index contributed by atoms with van der Waals surface area (Å²) in [5.41, 5.74) is 2.21. The molecule has 0 saturated carbocycles. The molecule has 0 fully saturated rings. The zero-order valence-corrected chi connectivity index (χ0v) is 13.8. The lowest BCUT2D eigenvalue weighted by Gasteiger charge is -2.08. The van der Waals surface area contributed by atoms with E-state index in [0.717, 1.165) is 23.5 Å². The molecule has 0 bridgehead atoms. The summed E-state index contributed by atoms with van der Waals surface area (Å²) in [5, 5.41) is 5.40. The summed E-state index contributed by atoms with van der Waals surface area (Å²) in [4.78, 5) is 12.2. The van der Waals surface area contributed by atoms with E-state index in [9.17, 15) is 4.79 Å². The zero-order chi connectivity index (χ0) is 17.1. The summed E-state index contributed by atoms with van der Waals surface area (Å²) in [6.07, 6.45) is 1.20. The topological polar surface area (TPSA) is 47.6 Å². The average molecular weight is 333 g/mol. The Morgan fingerprint density at radius 2 is 1.80 bits per heavy atom. The molecule has 0 spiro atoms. The van der Waals surface area contributed by atoms with Crippen molar-refractivity contribution in [2.45, 2.75) is 19.4 Å². The van der Waals surface area contributed by atoms with E-state index in [1.807, 2.05) is 36.4 Å². The summed E-state index contributed by atoms with van der Waals surface area (Å²) in [6.45, 7) is 0.751. The standard InChI is InChI=1S/C21H19NO3/c23-21(22-13-15-8-10-19-20(12-15)25-14-24-19)11-9-17-6-3-5-16-4-1-2-7-18(16)17/h1-8,10,12H,9,11,13-14H2,(H,22,23). The van der Waals surface area contributed by atoms with E-state index in [4.69, 9.17) is 9.47 Å². The minimum absolute atomic E-state index is 0.0469. The van der Waals surface area contributed by atoms with Crippen LogP contribution in [0.3, 0.4) is 0 Å². The van der Waals surface area contributed by atoms with Gasteiger partial charge in [-0.2, -0.15) is 0 Å². The van der Waals surface area contributed by atoms with Crippen molar-refractivity contribution < 1.29 is 14.3 Å². The van der Waals surface area contributed by atoms with Gasteiger partial charge in [0, 0.05) is 13.0 Å². The van der Waals surface area contributed by atoms with Crippen molar-refractivity contribution in [2.75, 3.05) is 6.79 Å². The fourth-order valence-electron chi connectivity index (χ4n) is 3.10. The van der Waals surface area contributed by atoms with Gasteiger partial charge in [-0.15, -0.1) is 0 Å². The third-order valence-corrected chi connectivity index (χ3v) is 4.43. The molecule has 1 N–H and O–H groups in total. The molecule has 0 aliphatic carbocycles. The van der Waals surface area contributed by atoms with Crippen LogP contribution in [0.4, 0.5) is 0 Å². The Morgan fingerprint density at radius 3 is 2.76 bits per heavy atom. The molecule has 4 heteroatoms. The van der Waals surface area contributed by atoms with Crippen molar-refractivity contribution in [3.63, 3.8) is 0 Å². The monoisotopic (exact) mass is 333 g/mol. The molecule has 3 aromatic rings. The third kappa shape index (κ3) is 3.43. The molecule has 126 valence electrons. The van der Waals surface area contributed by atoms with Crippen LogP contribution in [0.15, 0.2) is 60.7 Å². The minimum Gasteiger partial charge on any atom is -0.454 e. The van der Waals surface area contributed by atoms with Gasteiger partial charge in [-0.25, -0.2) is 0 Å². The molecule has 0 radical (unpaired) electrons. The predicted molar refractivity (Wildman–Crippen MR) is 96.7 cm³/mol. The maximum absolute atomic E-state index is 12.2. The van der Waals surface area contributed by atoms with Gasteiger partial charge in [0.1, 0.15) is 0 Å². The van der Waals surface area contributed by atoms with E-state index < -0.39 is 0 Å². The first kappa shape index (κ1) is 15.5. The fraction of sp³-hybridized carbons (Fsp3) is 0.190. The van der Waals surface area contributed by atoms with Gasteiger partial charge in [-0.05, 0) is 40.5 Å². The highest BCUT2D eigenvalue weighted by Gasteiger charge is 2.13. The third-order valence-electron chi connectivity index (χ3n) is 4.43. The molecule has 1 aliphatic heterocycles. The quantitative estimate of drug-likeness (QED) is 0.772. The van der Waals surface area contributed by atoms with Gasteiger partial charge in [0.15, 0.2) is 11.5 Å². The van der Waals surface area contributed by atoms with E-state index in [1.165, 1.54) is 16.3 Å². The van der Waals surface area contributed by atoms with Crippen molar-refractivity contribution in [2.24, 2.45) is 0 Å². The molecule has 1 aliphatic rings. The Labute approximate surface area is 146 Å². The number of carbonyl (C=O) groups excluding carboxylic acids is 1. The predicted octanol–water partition coefficient (Wildman–Crippen LogP) is 3.82. The van der Waals surface area contributed by atoms with Crippen LogP contribution in [-0.4, -0.2) is 12.7 Å². The van der Waals surface area contributed by atoms with Gasteiger partial charge >= 0.3 is 0 Å². The summed E-state index contributed by atoms with van der Waals surface area (Å²) < 4.78 is 10.6.